The molecule has 0 bridgehead atoms. The maximum Gasteiger partial charge on any atom is 0.417 e. The molecule has 2 aromatic carbocycles. The third-order valence-corrected chi connectivity index (χ3v) is 4.47. The Labute approximate surface area is 163 Å². The average Bonchev–Trinajstić information content (AvgIpc) is 2.64. The third-order valence-electron chi connectivity index (χ3n) is 4.11. The average molecular weight is 413 g/mol. The van der Waals surface area contributed by atoms with Crippen molar-refractivity contribution in [1.82, 2.24) is 4.98 Å². The fourth-order valence-electron chi connectivity index (χ4n) is 2.79. The standard InChI is InChI=1S/C20H14ClF5N2/c21-15-4-2-5-16(22)13(15)9-10-27-18-8-7-12(11-28-18)19-14(20(24,25)26)3-1-6-17(19)23/h1-8,11H,9-10H2,(H,27,28). The fraction of sp³-hybridized carbons (Fsp3) is 0.150. The van der Waals surface area contributed by atoms with Gasteiger partial charge in [-0.1, -0.05) is 23.7 Å². The Bertz CT molecular complexity index is 951. The Balaban J connectivity index is 1.75. The molecule has 146 valence electrons. The summed E-state index contributed by atoms with van der Waals surface area (Å²) in [6, 6.07) is 9.98. The van der Waals surface area contributed by atoms with Crippen molar-refractivity contribution in [3.63, 3.8) is 0 Å². The summed E-state index contributed by atoms with van der Waals surface area (Å²) >= 11 is 5.96. The first-order chi connectivity index (χ1) is 13.3. The predicted octanol–water partition coefficient (Wildman–Crippen LogP) is 6.35. The van der Waals surface area contributed by atoms with Gasteiger partial charge in [0.1, 0.15) is 17.5 Å². The van der Waals surface area contributed by atoms with E-state index < -0.39 is 28.9 Å². The molecule has 0 atom stereocenters. The van der Waals surface area contributed by atoms with Crippen LogP contribution in [0.1, 0.15) is 11.1 Å². The lowest BCUT2D eigenvalue weighted by Gasteiger charge is -2.14. The van der Waals surface area contributed by atoms with Gasteiger partial charge in [-0.2, -0.15) is 13.2 Å². The molecule has 0 fully saturated rings. The van der Waals surface area contributed by atoms with Gasteiger partial charge in [0.25, 0.3) is 0 Å². The smallest absolute Gasteiger partial charge is 0.370 e. The highest BCUT2D eigenvalue weighted by Crippen LogP contribution is 2.38. The van der Waals surface area contributed by atoms with Crippen molar-refractivity contribution in [2.24, 2.45) is 0 Å². The van der Waals surface area contributed by atoms with E-state index in [1.807, 2.05) is 0 Å². The molecule has 1 heterocycles. The van der Waals surface area contributed by atoms with Gasteiger partial charge >= 0.3 is 6.18 Å². The molecule has 0 spiro atoms. The quantitative estimate of drug-likeness (QED) is 0.494. The minimum atomic E-state index is -4.69. The van der Waals surface area contributed by atoms with Crippen LogP contribution in [0.15, 0.2) is 54.7 Å². The van der Waals surface area contributed by atoms with Crippen LogP contribution in [0.3, 0.4) is 0 Å². The normalized spacial score (nSPS) is 11.5. The summed E-state index contributed by atoms with van der Waals surface area (Å²) in [5, 5.41) is 3.24. The zero-order valence-corrected chi connectivity index (χ0v) is 15.1. The molecule has 3 aromatic rings. The van der Waals surface area contributed by atoms with Gasteiger partial charge in [0.15, 0.2) is 0 Å². The van der Waals surface area contributed by atoms with E-state index in [-0.39, 0.29) is 5.56 Å². The van der Waals surface area contributed by atoms with Crippen LogP contribution >= 0.6 is 11.6 Å². The van der Waals surface area contributed by atoms with Crippen molar-refractivity contribution in [2.75, 3.05) is 11.9 Å². The number of nitrogens with zero attached hydrogens (tertiary/aromatic N) is 1. The van der Waals surface area contributed by atoms with Crippen LogP contribution in [0.4, 0.5) is 27.8 Å². The molecule has 8 heteroatoms. The van der Waals surface area contributed by atoms with Crippen LogP contribution < -0.4 is 5.32 Å². The van der Waals surface area contributed by atoms with E-state index in [0.717, 1.165) is 24.4 Å². The second-order valence-electron chi connectivity index (χ2n) is 5.97. The second-order valence-corrected chi connectivity index (χ2v) is 6.38. The molecular formula is C20H14ClF5N2. The molecule has 0 saturated carbocycles. The highest BCUT2D eigenvalue weighted by atomic mass is 35.5. The summed E-state index contributed by atoms with van der Waals surface area (Å²) in [6.45, 7) is 0.306. The lowest BCUT2D eigenvalue weighted by molar-refractivity contribution is -0.137. The minimum absolute atomic E-state index is 0.00752. The number of hydrogen-bond donors (Lipinski definition) is 1. The summed E-state index contributed by atoms with van der Waals surface area (Å²) in [4.78, 5) is 4.02. The molecular weight excluding hydrogens is 399 g/mol. The Morgan fingerprint density at radius 1 is 0.929 bits per heavy atom. The zero-order chi connectivity index (χ0) is 20.3. The van der Waals surface area contributed by atoms with Gasteiger partial charge in [-0.15, -0.1) is 0 Å². The molecule has 2 nitrogen and oxygen atoms in total. The number of rotatable bonds is 5. The van der Waals surface area contributed by atoms with E-state index in [4.69, 9.17) is 11.6 Å². The zero-order valence-electron chi connectivity index (χ0n) is 14.3. The summed E-state index contributed by atoms with van der Waals surface area (Å²) in [5.41, 5.74) is -1.25. The fourth-order valence-corrected chi connectivity index (χ4v) is 3.04. The molecule has 0 radical (unpaired) electrons. The third kappa shape index (κ3) is 4.42. The molecule has 0 saturated heterocycles. The van der Waals surface area contributed by atoms with Crippen molar-refractivity contribution < 1.29 is 22.0 Å². The molecule has 1 N–H and O–H groups in total. The Morgan fingerprint density at radius 2 is 1.64 bits per heavy atom. The van der Waals surface area contributed by atoms with Crippen LogP contribution in [0.25, 0.3) is 11.1 Å². The van der Waals surface area contributed by atoms with Crippen molar-refractivity contribution in [3.05, 3.63) is 82.5 Å². The number of hydrogen-bond acceptors (Lipinski definition) is 2. The first-order valence-electron chi connectivity index (χ1n) is 8.26. The number of halogens is 6. The minimum Gasteiger partial charge on any atom is -0.370 e. The molecule has 0 aliphatic heterocycles. The molecule has 3 rings (SSSR count). The molecule has 28 heavy (non-hydrogen) atoms. The van der Waals surface area contributed by atoms with E-state index in [1.165, 1.54) is 24.3 Å². The number of anilines is 1. The first kappa shape index (κ1) is 20.1. The monoisotopic (exact) mass is 412 g/mol. The van der Waals surface area contributed by atoms with Gasteiger partial charge in [-0.25, -0.2) is 13.8 Å². The Hall–Kier alpha value is -2.67. The van der Waals surface area contributed by atoms with E-state index >= 15 is 0 Å². The highest BCUT2D eigenvalue weighted by molar-refractivity contribution is 6.31. The van der Waals surface area contributed by atoms with Crippen LogP contribution in [0.2, 0.25) is 5.02 Å². The van der Waals surface area contributed by atoms with Crippen molar-refractivity contribution >= 4 is 17.4 Å². The van der Waals surface area contributed by atoms with E-state index in [9.17, 15) is 22.0 Å². The number of benzene rings is 2. The van der Waals surface area contributed by atoms with E-state index in [1.54, 1.807) is 6.07 Å². The molecule has 0 unspecified atom stereocenters. The molecule has 0 aliphatic carbocycles. The van der Waals surface area contributed by atoms with Crippen LogP contribution in [-0.4, -0.2) is 11.5 Å². The number of alkyl halides is 3. The summed E-state index contributed by atoms with van der Waals surface area (Å²) in [5.74, 6) is -1.04. The molecule has 0 aliphatic rings. The van der Waals surface area contributed by atoms with Crippen molar-refractivity contribution in [1.29, 1.82) is 0 Å². The summed E-state index contributed by atoms with van der Waals surface area (Å²) in [6.07, 6.45) is -3.24. The van der Waals surface area contributed by atoms with Gasteiger partial charge in [-0.3, -0.25) is 0 Å². The molecule has 0 amide bonds. The van der Waals surface area contributed by atoms with Gasteiger partial charge < -0.3 is 5.32 Å². The van der Waals surface area contributed by atoms with Gasteiger partial charge in [-0.05, 0) is 42.8 Å². The van der Waals surface area contributed by atoms with Gasteiger partial charge in [0.2, 0.25) is 0 Å². The maximum absolute atomic E-state index is 14.0. The topological polar surface area (TPSA) is 24.9 Å². The number of pyridine rings is 1. The van der Waals surface area contributed by atoms with Gasteiger partial charge in [0, 0.05) is 34.5 Å². The summed E-state index contributed by atoms with van der Waals surface area (Å²) in [7, 11) is 0. The lowest BCUT2D eigenvalue weighted by Crippen LogP contribution is -2.09. The largest absolute Gasteiger partial charge is 0.417 e. The Morgan fingerprint density at radius 3 is 2.29 bits per heavy atom. The number of nitrogens with one attached hydrogen (secondary N) is 1. The lowest BCUT2D eigenvalue weighted by atomic mass is 10.00. The predicted molar refractivity (Wildman–Crippen MR) is 98.2 cm³/mol. The van der Waals surface area contributed by atoms with Crippen LogP contribution in [-0.2, 0) is 12.6 Å². The van der Waals surface area contributed by atoms with Crippen LogP contribution in [0, 0.1) is 11.6 Å². The van der Waals surface area contributed by atoms with E-state index in [0.29, 0.717) is 29.4 Å². The van der Waals surface area contributed by atoms with Crippen molar-refractivity contribution in [2.45, 2.75) is 12.6 Å². The summed E-state index contributed by atoms with van der Waals surface area (Å²) < 4.78 is 67.2. The molecule has 1 aromatic heterocycles. The Kier molecular flexibility index (Phi) is 5.84. The maximum atomic E-state index is 14.0. The number of aromatic nitrogens is 1. The van der Waals surface area contributed by atoms with Crippen molar-refractivity contribution in [3.8, 4) is 11.1 Å². The first-order valence-corrected chi connectivity index (χ1v) is 8.64. The van der Waals surface area contributed by atoms with E-state index in [2.05, 4.69) is 10.3 Å². The highest BCUT2D eigenvalue weighted by Gasteiger charge is 2.34. The van der Waals surface area contributed by atoms with Gasteiger partial charge in [0.05, 0.1) is 5.56 Å². The van der Waals surface area contributed by atoms with Crippen LogP contribution in [0.5, 0.6) is 0 Å². The second kappa shape index (κ2) is 8.14. The SMILES string of the molecule is Fc1cccc(Cl)c1CCNc1ccc(-c2c(F)cccc2C(F)(F)F)cn1.